The van der Waals surface area contributed by atoms with Crippen LogP contribution in [0.4, 0.5) is 5.69 Å². The summed E-state index contributed by atoms with van der Waals surface area (Å²) >= 11 is 0. The molecule has 5 nitrogen and oxygen atoms in total. The first-order valence-electron chi connectivity index (χ1n) is 7.37. The van der Waals surface area contributed by atoms with Crippen LogP contribution in [-0.4, -0.2) is 22.2 Å². The first-order valence-corrected chi connectivity index (χ1v) is 7.37. The van der Waals surface area contributed by atoms with E-state index in [9.17, 15) is 15.2 Å². The van der Waals surface area contributed by atoms with Crippen molar-refractivity contribution >= 4 is 5.69 Å². The van der Waals surface area contributed by atoms with Crippen LogP contribution < -0.4 is 4.74 Å². The largest absolute Gasteiger partial charge is 0.494 e. The van der Waals surface area contributed by atoms with Crippen molar-refractivity contribution in [2.45, 2.75) is 52.1 Å². The third kappa shape index (κ3) is 7.66. The van der Waals surface area contributed by atoms with E-state index >= 15 is 0 Å². The van der Waals surface area contributed by atoms with Crippen LogP contribution in [0.15, 0.2) is 24.3 Å². The highest BCUT2D eigenvalue weighted by Gasteiger charge is 2.12. The molecule has 1 rings (SSSR count). The number of ether oxygens (including phenoxy) is 1. The molecule has 0 heterocycles. The molecule has 0 fully saturated rings. The molecule has 1 atom stereocenters. The first-order chi connectivity index (χ1) is 9.78. The van der Waals surface area contributed by atoms with Crippen molar-refractivity contribution in [2.24, 2.45) is 5.92 Å². The lowest BCUT2D eigenvalue weighted by molar-refractivity contribution is -0.384. The zero-order chi connectivity index (χ0) is 15.9. The summed E-state index contributed by atoms with van der Waals surface area (Å²) in [4.78, 5) is 10.1. The molecule has 118 valence electrons. The van der Waals surface area contributed by atoms with Crippen LogP contribution in [-0.2, 0) is 0 Å². The molecule has 0 bridgehead atoms. The van der Waals surface area contributed by atoms with Crippen LogP contribution in [0, 0.1) is 16.0 Å². The maximum Gasteiger partial charge on any atom is 0.269 e. The van der Waals surface area contributed by atoms with Gasteiger partial charge in [0.1, 0.15) is 5.75 Å². The van der Waals surface area contributed by atoms with E-state index in [0.717, 1.165) is 25.7 Å². The molecule has 5 heteroatoms. The molecule has 0 aliphatic heterocycles. The van der Waals surface area contributed by atoms with Crippen molar-refractivity contribution in [1.29, 1.82) is 0 Å². The van der Waals surface area contributed by atoms with Gasteiger partial charge in [-0.25, -0.2) is 0 Å². The van der Waals surface area contributed by atoms with Crippen LogP contribution in [0.2, 0.25) is 0 Å². The van der Waals surface area contributed by atoms with Crippen molar-refractivity contribution in [3.8, 4) is 5.75 Å². The van der Waals surface area contributed by atoms with Crippen molar-refractivity contribution in [2.75, 3.05) is 6.61 Å². The lowest BCUT2D eigenvalue weighted by atomic mass is 9.95. The second kappa shape index (κ2) is 7.98. The van der Waals surface area contributed by atoms with E-state index in [1.807, 2.05) is 13.8 Å². The number of non-ortho nitro benzene ring substituents is 1. The second-order valence-corrected chi connectivity index (χ2v) is 6.20. The Morgan fingerprint density at radius 1 is 1.29 bits per heavy atom. The van der Waals surface area contributed by atoms with Crippen LogP contribution in [0.5, 0.6) is 5.75 Å². The van der Waals surface area contributed by atoms with E-state index in [2.05, 4.69) is 6.92 Å². The van der Waals surface area contributed by atoms with Gasteiger partial charge < -0.3 is 9.84 Å². The van der Waals surface area contributed by atoms with E-state index in [4.69, 9.17) is 4.74 Å². The van der Waals surface area contributed by atoms with Crippen molar-refractivity contribution in [3.63, 3.8) is 0 Å². The topological polar surface area (TPSA) is 72.6 Å². The van der Waals surface area contributed by atoms with Gasteiger partial charge in [0.2, 0.25) is 0 Å². The van der Waals surface area contributed by atoms with Gasteiger partial charge in [0.05, 0.1) is 17.1 Å². The van der Waals surface area contributed by atoms with Crippen LogP contribution >= 0.6 is 0 Å². The van der Waals surface area contributed by atoms with Gasteiger partial charge in [0.15, 0.2) is 0 Å². The van der Waals surface area contributed by atoms with Crippen LogP contribution in [0.3, 0.4) is 0 Å². The summed E-state index contributed by atoms with van der Waals surface area (Å²) in [5.74, 6) is 1.19. The fraction of sp³-hybridized carbons (Fsp3) is 0.625. The molecular formula is C16H25NO4. The van der Waals surface area contributed by atoms with Crippen molar-refractivity contribution in [3.05, 3.63) is 34.4 Å². The van der Waals surface area contributed by atoms with E-state index in [1.54, 1.807) is 12.1 Å². The Balaban J connectivity index is 2.22. The minimum absolute atomic E-state index is 0.0716. The number of rotatable bonds is 9. The van der Waals surface area contributed by atoms with Gasteiger partial charge in [-0.3, -0.25) is 10.1 Å². The summed E-state index contributed by atoms with van der Waals surface area (Å²) in [6.07, 6.45) is 3.80. The maximum absolute atomic E-state index is 10.5. The molecule has 1 aromatic rings. The number of hydrogen-bond donors (Lipinski definition) is 1. The normalized spacial score (nSPS) is 13.0. The predicted molar refractivity (Wildman–Crippen MR) is 82.5 cm³/mol. The summed E-state index contributed by atoms with van der Waals surface area (Å²) in [7, 11) is 0. The van der Waals surface area contributed by atoms with Gasteiger partial charge in [-0.2, -0.15) is 0 Å². The van der Waals surface area contributed by atoms with E-state index in [1.165, 1.54) is 12.1 Å². The third-order valence-electron chi connectivity index (χ3n) is 3.41. The molecule has 1 unspecified atom stereocenters. The van der Waals surface area contributed by atoms with Crippen LogP contribution in [0.25, 0.3) is 0 Å². The summed E-state index contributed by atoms with van der Waals surface area (Å²) in [6.45, 7) is 6.43. The minimum atomic E-state index is -0.588. The lowest BCUT2D eigenvalue weighted by Crippen LogP contribution is -2.18. The highest BCUT2D eigenvalue weighted by molar-refractivity contribution is 5.35. The van der Waals surface area contributed by atoms with Gasteiger partial charge in [-0.05, 0) is 44.7 Å². The average molecular weight is 295 g/mol. The Morgan fingerprint density at radius 2 is 1.90 bits per heavy atom. The maximum atomic E-state index is 10.5. The third-order valence-corrected chi connectivity index (χ3v) is 3.41. The monoisotopic (exact) mass is 295 g/mol. The van der Waals surface area contributed by atoms with Gasteiger partial charge in [-0.15, -0.1) is 0 Å². The number of nitro benzene ring substituents is 1. The van der Waals surface area contributed by atoms with Crippen molar-refractivity contribution < 1.29 is 14.8 Å². The quantitative estimate of drug-likeness (QED) is 0.553. The smallest absolute Gasteiger partial charge is 0.269 e. The zero-order valence-electron chi connectivity index (χ0n) is 13.0. The number of nitro groups is 1. The first kappa shape index (κ1) is 17.4. The van der Waals surface area contributed by atoms with Gasteiger partial charge >= 0.3 is 0 Å². The Morgan fingerprint density at radius 3 is 2.43 bits per heavy atom. The number of hydrogen-bond acceptors (Lipinski definition) is 4. The number of nitrogens with zero attached hydrogens (tertiary/aromatic N) is 1. The molecule has 0 saturated carbocycles. The molecule has 0 amide bonds. The minimum Gasteiger partial charge on any atom is -0.494 e. The molecule has 21 heavy (non-hydrogen) atoms. The van der Waals surface area contributed by atoms with Gasteiger partial charge in [0, 0.05) is 12.1 Å². The SMILES string of the molecule is CC(CCCC(C)(C)O)CCOc1ccc([N+](=O)[O-])cc1. The number of aliphatic hydroxyl groups is 1. The fourth-order valence-corrected chi connectivity index (χ4v) is 2.07. The molecule has 0 radical (unpaired) electrons. The molecule has 0 saturated heterocycles. The predicted octanol–water partition coefficient (Wildman–Crippen LogP) is 3.94. The molecule has 0 aromatic heterocycles. The Bertz CT molecular complexity index is 437. The Kier molecular flexibility index (Phi) is 6.62. The molecule has 0 aliphatic carbocycles. The molecular weight excluding hydrogens is 270 g/mol. The average Bonchev–Trinajstić information content (AvgIpc) is 2.37. The van der Waals surface area contributed by atoms with Gasteiger partial charge in [0.25, 0.3) is 5.69 Å². The molecule has 0 spiro atoms. The Labute approximate surface area is 126 Å². The zero-order valence-corrected chi connectivity index (χ0v) is 13.0. The lowest BCUT2D eigenvalue weighted by Gasteiger charge is -2.18. The summed E-state index contributed by atoms with van der Waals surface area (Å²) in [5, 5.41) is 20.2. The number of benzene rings is 1. The summed E-state index contributed by atoms with van der Waals surface area (Å²) in [5.41, 5.74) is -0.517. The summed E-state index contributed by atoms with van der Waals surface area (Å²) in [6, 6.07) is 6.14. The highest BCUT2D eigenvalue weighted by atomic mass is 16.6. The van der Waals surface area contributed by atoms with Gasteiger partial charge in [-0.1, -0.05) is 19.8 Å². The second-order valence-electron chi connectivity index (χ2n) is 6.20. The van der Waals surface area contributed by atoms with E-state index in [0.29, 0.717) is 18.3 Å². The molecule has 1 aromatic carbocycles. The Hall–Kier alpha value is -1.62. The molecule has 1 N–H and O–H groups in total. The standard InChI is InChI=1S/C16H25NO4/c1-13(5-4-11-16(2,3)18)10-12-21-15-8-6-14(7-9-15)17(19)20/h6-9,13,18H,4-5,10-12H2,1-3H3. The van der Waals surface area contributed by atoms with E-state index in [-0.39, 0.29) is 5.69 Å². The fourth-order valence-electron chi connectivity index (χ4n) is 2.07. The van der Waals surface area contributed by atoms with Crippen molar-refractivity contribution in [1.82, 2.24) is 0 Å². The summed E-state index contributed by atoms with van der Waals surface area (Å²) < 4.78 is 5.59. The van der Waals surface area contributed by atoms with Crippen LogP contribution in [0.1, 0.15) is 46.5 Å². The highest BCUT2D eigenvalue weighted by Crippen LogP contribution is 2.20. The van der Waals surface area contributed by atoms with E-state index < -0.39 is 10.5 Å². The molecule has 0 aliphatic rings.